The van der Waals surface area contributed by atoms with E-state index in [0.29, 0.717) is 0 Å². The van der Waals surface area contributed by atoms with E-state index in [1.54, 1.807) is 0 Å². The number of halogens is 1. The molecule has 1 N–H and O–H groups in total. The lowest BCUT2D eigenvalue weighted by atomic mass is 10.2. The van der Waals surface area contributed by atoms with Crippen LogP contribution in [0, 0.1) is 25.2 Å². The lowest BCUT2D eigenvalue weighted by Gasteiger charge is -2.09. The maximum Gasteiger partial charge on any atom is 0.316 e. The summed E-state index contributed by atoms with van der Waals surface area (Å²) in [5, 5.41) is 10.8. The van der Waals surface area contributed by atoms with Crippen LogP contribution in [-0.2, 0) is 14.3 Å². The molecule has 118 valence electrons. The molecule has 0 aliphatic carbocycles. The van der Waals surface area contributed by atoms with Gasteiger partial charge in [0.15, 0.2) is 6.61 Å². The van der Waals surface area contributed by atoms with Crippen LogP contribution in [-0.4, -0.2) is 30.8 Å². The van der Waals surface area contributed by atoms with Crippen LogP contribution in [0.2, 0.25) is 0 Å². The van der Waals surface area contributed by atoms with Crippen LogP contribution < -0.4 is 5.32 Å². The van der Waals surface area contributed by atoms with Crippen LogP contribution in [0.15, 0.2) is 21.5 Å². The van der Waals surface area contributed by atoms with Crippen LogP contribution in [0.1, 0.15) is 17.5 Å². The van der Waals surface area contributed by atoms with E-state index in [4.69, 9.17) is 10.00 Å². The average Bonchev–Trinajstić information content (AvgIpc) is 2.47. The SMILES string of the molecule is Cc1cc(SCC(=O)OCC(=O)NCCC#N)c(C)cc1Br. The monoisotopic (exact) mass is 384 g/mol. The average molecular weight is 385 g/mol. The van der Waals surface area contributed by atoms with Crippen molar-refractivity contribution in [1.82, 2.24) is 5.32 Å². The van der Waals surface area contributed by atoms with E-state index < -0.39 is 11.9 Å². The van der Waals surface area contributed by atoms with Crippen molar-refractivity contribution in [2.24, 2.45) is 0 Å². The Morgan fingerprint density at radius 3 is 2.77 bits per heavy atom. The first-order valence-electron chi connectivity index (χ1n) is 6.63. The molecule has 0 radical (unpaired) electrons. The summed E-state index contributed by atoms with van der Waals surface area (Å²) in [5.41, 5.74) is 2.17. The van der Waals surface area contributed by atoms with E-state index in [1.165, 1.54) is 11.8 Å². The highest BCUT2D eigenvalue weighted by molar-refractivity contribution is 9.10. The Balaban J connectivity index is 2.36. The summed E-state index contributed by atoms with van der Waals surface area (Å²) in [6.45, 7) is 3.90. The molecule has 0 atom stereocenters. The maximum atomic E-state index is 11.6. The lowest BCUT2D eigenvalue weighted by Crippen LogP contribution is -2.29. The molecule has 1 aromatic rings. The number of nitrogens with zero attached hydrogens (tertiary/aromatic N) is 1. The summed E-state index contributed by atoms with van der Waals surface area (Å²) in [5.74, 6) is -0.697. The Hall–Kier alpha value is -1.52. The Bertz CT molecular complexity index is 599. The minimum atomic E-state index is -0.444. The molecule has 0 saturated heterocycles. The second-order valence-electron chi connectivity index (χ2n) is 4.57. The number of benzene rings is 1. The van der Waals surface area contributed by atoms with Crippen LogP contribution in [0.25, 0.3) is 0 Å². The highest BCUT2D eigenvalue weighted by atomic mass is 79.9. The second kappa shape index (κ2) is 9.49. The number of carbonyl (C=O) groups excluding carboxylic acids is 2. The Labute approximate surface area is 142 Å². The summed E-state index contributed by atoms with van der Waals surface area (Å²) in [4.78, 5) is 24.0. The molecule has 1 aromatic carbocycles. The van der Waals surface area contributed by atoms with Gasteiger partial charge in [-0.05, 0) is 37.1 Å². The number of rotatable bonds is 7. The number of ether oxygens (including phenoxy) is 1. The van der Waals surface area contributed by atoms with Crippen LogP contribution >= 0.6 is 27.7 Å². The normalized spacial score (nSPS) is 9.91. The zero-order valence-electron chi connectivity index (χ0n) is 12.4. The number of aryl methyl sites for hydroxylation is 2. The van der Waals surface area contributed by atoms with Gasteiger partial charge in [-0.25, -0.2) is 0 Å². The lowest BCUT2D eigenvalue weighted by molar-refractivity contribution is -0.145. The zero-order valence-corrected chi connectivity index (χ0v) is 14.8. The van der Waals surface area contributed by atoms with E-state index in [0.717, 1.165) is 20.5 Å². The molecule has 1 rings (SSSR count). The third kappa shape index (κ3) is 6.50. The fourth-order valence-corrected chi connectivity index (χ4v) is 2.90. The quantitative estimate of drug-likeness (QED) is 0.444. The first-order chi connectivity index (χ1) is 10.4. The molecule has 22 heavy (non-hydrogen) atoms. The molecule has 0 spiro atoms. The number of nitrogens with one attached hydrogen (secondary N) is 1. The molecule has 0 aromatic heterocycles. The summed E-state index contributed by atoms with van der Waals surface area (Å²) in [6, 6.07) is 5.92. The molecular weight excluding hydrogens is 368 g/mol. The number of amides is 1. The van der Waals surface area contributed by atoms with Crippen molar-refractivity contribution in [1.29, 1.82) is 5.26 Å². The molecule has 7 heteroatoms. The van der Waals surface area contributed by atoms with Crippen LogP contribution in [0.3, 0.4) is 0 Å². The largest absolute Gasteiger partial charge is 0.455 e. The maximum absolute atomic E-state index is 11.6. The molecule has 0 aliphatic rings. The van der Waals surface area contributed by atoms with Gasteiger partial charge >= 0.3 is 5.97 Å². The van der Waals surface area contributed by atoms with Crippen molar-refractivity contribution in [3.05, 3.63) is 27.7 Å². The molecule has 0 saturated carbocycles. The van der Waals surface area contributed by atoms with Crippen LogP contribution in [0.4, 0.5) is 0 Å². The minimum absolute atomic E-state index is 0.146. The number of nitriles is 1. The Kier molecular flexibility index (Phi) is 7.99. The van der Waals surface area contributed by atoms with Crippen molar-refractivity contribution in [3.8, 4) is 6.07 Å². The number of thioether (sulfide) groups is 1. The van der Waals surface area contributed by atoms with Gasteiger partial charge in [-0.15, -0.1) is 11.8 Å². The van der Waals surface area contributed by atoms with Gasteiger partial charge in [0.05, 0.1) is 18.2 Å². The Morgan fingerprint density at radius 2 is 2.09 bits per heavy atom. The number of hydrogen-bond acceptors (Lipinski definition) is 5. The van der Waals surface area contributed by atoms with Gasteiger partial charge in [-0.1, -0.05) is 15.9 Å². The standard InChI is InChI=1S/C15H17BrN2O3S/c1-10-7-13(11(2)6-12(10)16)22-9-15(20)21-8-14(19)18-5-3-4-17/h6-7H,3,5,8-9H2,1-2H3,(H,18,19). The molecule has 1 amide bonds. The molecule has 0 bridgehead atoms. The first-order valence-corrected chi connectivity index (χ1v) is 8.40. The third-order valence-electron chi connectivity index (χ3n) is 2.72. The van der Waals surface area contributed by atoms with Crippen molar-refractivity contribution < 1.29 is 14.3 Å². The predicted octanol–water partition coefficient (Wildman–Crippen LogP) is 2.73. The summed E-state index contributed by atoms with van der Waals surface area (Å²) >= 11 is 4.84. The summed E-state index contributed by atoms with van der Waals surface area (Å²) in [7, 11) is 0. The number of carbonyl (C=O) groups is 2. The highest BCUT2D eigenvalue weighted by Gasteiger charge is 2.10. The van der Waals surface area contributed by atoms with Gasteiger partial charge < -0.3 is 10.1 Å². The van der Waals surface area contributed by atoms with Gasteiger partial charge in [0.25, 0.3) is 5.91 Å². The zero-order chi connectivity index (χ0) is 16.5. The summed E-state index contributed by atoms with van der Waals surface area (Å²) in [6.07, 6.45) is 0.234. The number of hydrogen-bond donors (Lipinski definition) is 1. The molecule has 0 heterocycles. The van der Waals surface area contributed by atoms with Gasteiger partial charge in [0.2, 0.25) is 0 Å². The van der Waals surface area contributed by atoms with Crippen molar-refractivity contribution in [3.63, 3.8) is 0 Å². The molecule has 0 aliphatic heterocycles. The topological polar surface area (TPSA) is 79.2 Å². The van der Waals surface area contributed by atoms with Crippen molar-refractivity contribution in [2.75, 3.05) is 18.9 Å². The van der Waals surface area contributed by atoms with Gasteiger partial charge in [-0.2, -0.15) is 5.26 Å². The first kappa shape index (κ1) is 18.5. The van der Waals surface area contributed by atoms with Gasteiger partial charge in [0, 0.05) is 15.9 Å². The van der Waals surface area contributed by atoms with E-state index in [1.807, 2.05) is 32.0 Å². The van der Waals surface area contributed by atoms with E-state index in [9.17, 15) is 9.59 Å². The fourth-order valence-electron chi connectivity index (χ4n) is 1.54. The van der Waals surface area contributed by atoms with E-state index in [2.05, 4.69) is 21.2 Å². The fraction of sp³-hybridized carbons (Fsp3) is 0.400. The second-order valence-corrected chi connectivity index (χ2v) is 6.45. The molecular formula is C15H17BrN2O3S. The van der Waals surface area contributed by atoms with E-state index >= 15 is 0 Å². The predicted molar refractivity (Wildman–Crippen MR) is 88.5 cm³/mol. The molecule has 5 nitrogen and oxygen atoms in total. The third-order valence-corrected chi connectivity index (χ3v) is 4.71. The molecule has 0 unspecified atom stereocenters. The van der Waals surface area contributed by atoms with E-state index in [-0.39, 0.29) is 25.3 Å². The smallest absolute Gasteiger partial charge is 0.316 e. The number of esters is 1. The summed E-state index contributed by atoms with van der Waals surface area (Å²) < 4.78 is 5.92. The Morgan fingerprint density at radius 1 is 1.36 bits per heavy atom. The van der Waals surface area contributed by atoms with Gasteiger partial charge in [-0.3, -0.25) is 9.59 Å². The van der Waals surface area contributed by atoms with Gasteiger partial charge in [0.1, 0.15) is 0 Å². The minimum Gasteiger partial charge on any atom is -0.455 e. The van der Waals surface area contributed by atoms with Crippen molar-refractivity contribution in [2.45, 2.75) is 25.2 Å². The van der Waals surface area contributed by atoms with Crippen molar-refractivity contribution >= 4 is 39.6 Å². The highest BCUT2D eigenvalue weighted by Crippen LogP contribution is 2.28. The van der Waals surface area contributed by atoms with Crippen LogP contribution in [0.5, 0.6) is 0 Å². The molecule has 0 fully saturated rings.